The molecule has 5 rings (SSSR count). The van der Waals surface area contributed by atoms with Crippen LogP contribution in [0, 0.1) is 16.6 Å². The number of aromatic amines is 2. The number of carbonyl (C=O) groups is 5. The summed E-state index contributed by atoms with van der Waals surface area (Å²) >= 11 is 9.37. The summed E-state index contributed by atoms with van der Waals surface area (Å²) in [6.07, 6.45) is 10.6. The first kappa shape index (κ1) is 37.1. The highest BCUT2D eigenvalue weighted by atomic mass is 32.1. The Morgan fingerprint density at radius 2 is 1.51 bits per heavy atom. The summed E-state index contributed by atoms with van der Waals surface area (Å²) in [6.45, 7) is 1.08. The minimum absolute atomic E-state index is 0.00694. The number of rotatable bonds is 10. The number of ether oxygens (including phenoxy) is 1. The number of amides is 2. The Bertz CT molecular complexity index is 1520. The van der Waals surface area contributed by atoms with Crippen LogP contribution in [0.15, 0.2) is 20.1 Å². The molecule has 16 heteroatoms. The second kappa shape index (κ2) is 18.7. The maximum absolute atomic E-state index is 11.9. The summed E-state index contributed by atoms with van der Waals surface area (Å²) in [4.78, 5) is 80.3. The van der Waals surface area contributed by atoms with Gasteiger partial charge in [-0.1, -0.05) is 38.5 Å². The quantitative estimate of drug-likeness (QED) is 0.140. The van der Waals surface area contributed by atoms with E-state index in [0.717, 1.165) is 50.0 Å². The Hall–Kier alpha value is -4.05. The van der Waals surface area contributed by atoms with Gasteiger partial charge in [-0.2, -0.15) is 0 Å². The van der Waals surface area contributed by atoms with Gasteiger partial charge in [-0.25, -0.2) is 4.79 Å². The maximum atomic E-state index is 11.9. The summed E-state index contributed by atoms with van der Waals surface area (Å²) in [7, 11) is 1.31. The molecule has 3 aliphatic rings. The zero-order valence-corrected chi connectivity index (χ0v) is 26.8. The van der Waals surface area contributed by atoms with Crippen molar-refractivity contribution < 1.29 is 38.2 Å². The standard InChI is InChI=1S/C13H14N2O3S.C10H16O3.C4H4N2O2S.C2H4O2/c16-9-6-8(3-1-2-7-4-5-7)10-11(17)14-13(19)15-12(10)18-9;1-13-10(12)7-9(11)4-2-3-8-5-6-8;7-2-1-3(8)6-4(9)5-2;1-2(3)4/h6-7H,1-5H2,(H2,14,15,17,19);8H,2-7H2,1H3;1H2,(H2,5,6,7,8,9);1H3,(H,3,4). The van der Waals surface area contributed by atoms with Crippen LogP contribution in [0.5, 0.6) is 0 Å². The molecule has 0 spiro atoms. The first-order valence-corrected chi connectivity index (χ1v) is 15.3. The van der Waals surface area contributed by atoms with Crippen molar-refractivity contribution in [1.82, 2.24) is 20.6 Å². The summed E-state index contributed by atoms with van der Waals surface area (Å²) < 4.78 is 9.57. The lowest BCUT2D eigenvalue weighted by atomic mass is 10.1. The Morgan fingerprint density at radius 1 is 0.956 bits per heavy atom. The molecule has 45 heavy (non-hydrogen) atoms. The van der Waals surface area contributed by atoms with Crippen molar-refractivity contribution in [3.8, 4) is 0 Å². The average molecular weight is 667 g/mol. The third-order valence-electron chi connectivity index (χ3n) is 6.64. The molecule has 0 radical (unpaired) electrons. The highest BCUT2D eigenvalue weighted by Gasteiger charge is 2.22. The van der Waals surface area contributed by atoms with Crippen molar-refractivity contribution in [3.63, 3.8) is 0 Å². The maximum Gasteiger partial charge on any atom is 0.337 e. The van der Waals surface area contributed by atoms with E-state index in [-0.39, 0.29) is 51.6 Å². The van der Waals surface area contributed by atoms with Crippen LogP contribution >= 0.6 is 24.4 Å². The number of carboxylic acids is 1. The van der Waals surface area contributed by atoms with Gasteiger partial charge in [0.25, 0.3) is 11.5 Å². The molecule has 3 fully saturated rings. The number of nitrogens with one attached hydrogen (secondary N) is 4. The van der Waals surface area contributed by atoms with Gasteiger partial charge in [0.1, 0.15) is 24.0 Å². The molecule has 2 aromatic rings. The van der Waals surface area contributed by atoms with Crippen LogP contribution in [-0.2, 0) is 35.1 Å². The molecule has 0 unspecified atom stereocenters. The van der Waals surface area contributed by atoms with E-state index in [4.69, 9.17) is 26.5 Å². The number of H-pyrrole nitrogens is 2. The molecule has 3 heterocycles. The van der Waals surface area contributed by atoms with Crippen LogP contribution in [0.25, 0.3) is 11.1 Å². The molecule has 2 aliphatic carbocycles. The van der Waals surface area contributed by atoms with Crippen LogP contribution < -0.4 is 21.8 Å². The number of aliphatic carboxylic acids is 1. The van der Waals surface area contributed by atoms with Gasteiger partial charge in [0.15, 0.2) is 9.88 Å². The minimum Gasteiger partial charge on any atom is -0.481 e. The van der Waals surface area contributed by atoms with Crippen LogP contribution in [-0.4, -0.2) is 56.8 Å². The van der Waals surface area contributed by atoms with Crippen LogP contribution in [0.2, 0.25) is 0 Å². The number of methoxy groups -OCH3 is 1. The van der Waals surface area contributed by atoms with E-state index in [0.29, 0.717) is 18.2 Å². The topological polar surface area (TPSA) is 218 Å². The van der Waals surface area contributed by atoms with Crippen molar-refractivity contribution in [2.24, 2.45) is 11.8 Å². The number of hydrogen-bond acceptors (Lipinski definition) is 11. The number of aromatic nitrogens is 2. The second-order valence-corrected chi connectivity index (χ2v) is 11.6. The first-order chi connectivity index (χ1) is 21.3. The Kier molecular flexibility index (Phi) is 15.4. The molecular weight excluding hydrogens is 628 g/mol. The Balaban J connectivity index is 0.000000236. The van der Waals surface area contributed by atoms with Crippen molar-refractivity contribution in [2.75, 3.05) is 7.11 Å². The lowest BCUT2D eigenvalue weighted by Crippen LogP contribution is -2.49. The molecule has 2 aromatic heterocycles. The summed E-state index contributed by atoms with van der Waals surface area (Å²) in [5, 5.41) is 12.5. The zero-order chi connectivity index (χ0) is 33.5. The van der Waals surface area contributed by atoms with E-state index in [1.807, 2.05) is 0 Å². The van der Waals surface area contributed by atoms with Crippen molar-refractivity contribution >= 4 is 70.2 Å². The van der Waals surface area contributed by atoms with Crippen LogP contribution in [0.1, 0.15) is 83.1 Å². The molecule has 5 N–H and O–H groups in total. The fourth-order valence-corrected chi connectivity index (χ4v) is 4.61. The zero-order valence-electron chi connectivity index (χ0n) is 25.2. The highest BCUT2D eigenvalue weighted by molar-refractivity contribution is 7.80. The van der Waals surface area contributed by atoms with E-state index < -0.39 is 17.6 Å². The van der Waals surface area contributed by atoms with E-state index in [2.05, 4.69) is 37.6 Å². The number of carboxylic acid groups (broad SMARTS) is 1. The predicted octanol–water partition coefficient (Wildman–Crippen LogP) is 2.97. The lowest BCUT2D eigenvalue weighted by Gasteiger charge is -2.12. The monoisotopic (exact) mass is 666 g/mol. The molecule has 246 valence electrons. The number of Topliss-reactive ketones (excluding diaryl/α,β-unsaturated/α-hetero) is 1. The van der Waals surface area contributed by atoms with E-state index in [1.165, 1.54) is 38.9 Å². The van der Waals surface area contributed by atoms with Crippen molar-refractivity contribution in [3.05, 3.63) is 37.2 Å². The van der Waals surface area contributed by atoms with E-state index in [1.54, 1.807) is 0 Å². The third-order valence-corrected chi connectivity index (χ3v) is 7.05. The fourth-order valence-electron chi connectivity index (χ4n) is 4.20. The summed E-state index contributed by atoms with van der Waals surface area (Å²) in [5.74, 6) is -0.224. The Morgan fingerprint density at radius 3 is 2.02 bits per heavy atom. The number of fused-ring (bicyclic) bond motifs is 1. The first-order valence-electron chi connectivity index (χ1n) is 14.5. The van der Waals surface area contributed by atoms with Gasteiger partial charge < -0.3 is 29.9 Å². The SMILES string of the molecule is CC(=O)O.COC(=O)CC(=O)CCCC1CC1.O=C1CC(=O)NC(=S)N1.O=c1cc(CCCC2CC2)c2c(=O)[nH]c(=S)[nH]c2o1. The molecule has 2 amide bonds. The van der Waals surface area contributed by atoms with Gasteiger partial charge in [0, 0.05) is 19.4 Å². The molecule has 0 aromatic carbocycles. The normalized spacial score (nSPS) is 15.1. The number of ketones is 1. The van der Waals surface area contributed by atoms with Gasteiger partial charge in [0.2, 0.25) is 17.5 Å². The van der Waals surface area contributed by atoms with E-state index in [9.17, 15) is 28.8 Å². The molecule has 2 saturated carbocycles. The fraction of sp³-hybridized carbons (Fsp3) is 0.552. The average Bonchev–Trinajstić information content (AvgIpc) is 3.84. The summed E-state index contributed by atoms with van der Waals surface area (Å²) in [5.41, 5.74) is 0.149. The molecule has 0 atom stereocenters. The van der Waals surface area contributed by atoms with Gasteiger partial charge in [-0.05, 0) is 61.1 Å². The molecular formula is C29H38N4O10S2. The predicted molar refractivity (Wildman–Crippen MR) is 169 cm³/mol. The van der Waals surface area contributed by atoms with Crippen LogP contribution in [0.4, 0.5) is 0 Å². The minimum atomic E-state index is -0.833. The highest BCUT2D eigenvalue weighted by Crippen LogP contribution is 2.34. The molecule has 1 saturated heterocycles. The third kappa shape index (κ3) is 16.0. The lowest BCUT2D eigenvalue weighted by molar-refractivity contribution is -0.143. The number of carbonyl (C=O) groups excluding carboxylic acids is 4. The van der Waals surface area contributed by atoms with E-state index >= 15 is 0 Å². The number of thiocarbonyl (C=S) groups is 1. The smallest absolute Gasteiger partial charge is 0.337 e. The van der Waals surface area contributed by atoms with Crippen molar-refractivity contribution in [1.29, 1.82) is 0 Å². The largest absolute Gasteiger partial charge is 0.481 e. The number of hydrogen-bond donors (Lipinski definition) is 5. The van der Waals surface area contributed by atoms with Crippen LogP contribution in [0.3, 0.4) is 0 Å². The van der Waals surface area contributed by atoms with Gasteiger partial charge in [-0.3, -0.25) is 33.8 Å². The van der Waals surface area contributed by atoms with Gasteiger partial charge in [-0.15, -0.1) is 0 Å². The summed E-state index contributed by atoms with van der Waals surface area (Å²) in [6, 6.07) is 1.40. The van der Waals surface area contributed by atoms with Gasteiger partial charge in [0.05, 0.1) is 7.11 Å². The Labute approximate surface area is 268 Å². The molecule has 0 bridgehead atoms. The molecule has 1 aliphatic heterocycles. The van der Waals surface area contributed by atoms with Crippen molar-refractivity contribution in [2.45, 2.75) is 84.0 Å². The number of esters is 1. The van der Waals surface area contributed by atoms with Gasteiger partial charge >= 0.3 is 11.6 Å². The second-order valence-electron chi connectivity index (χ2n) is 10.8. The molecule has 14 nitrogen and oxygen atoms in total. The number of aryl methyl sites for hydroxylation is 1.